The molecule has 0 radical (unpaired) electrons. The Bertz CT molecular complexity index is 585. The molecule has 0 atom stereocenters. The number of carbonyl (C=O) groups excluding carboxylic acids is 2. The van der Waals surface area contributed by atoms with Gasteiger partial charge in [0.15, 0.2) is 0 Å². The molecule has 0 saturated heterocycles. The molecule has 2 saturated carbocycles. The van der Waals surface area contributed by atoms with Crippen molar-refractivity contribution < 1.29 is 9.59 Å². The lowest BCUT2D eigenvalue weighted by molar-refractivity contribution is -0.119. The van der Waals surface area contributed by atoms with Crippen molar-refractivity contribution in [2.24, 2.45) is 5.92 Å². The van der Waals surface area contributed by atoms with Gasteiger partial charge in [-0.2, -0.15) is 0 Å². The molecule has 5 heteroatoms. The van der Waals surface area contributed by atoms with E-state index in [0.29, 0.717) is 6.04 Å². The number of thiophene rings is 1. The minimum atomic E-state index is 0.0418. The SMILES string of the molecule is O=C(NC1CCCC1)c1cc2c(s1)CCN2C(=O)C1CC1. The highest BCUT2D eigenvalue weighted by molar-refractivity contribution is 7.14. The Kier molecular flexibility index (Phi) is 3.25. The molecule has 1 aromatic heterocycles. The lowest BCUT2D eigenvalue weighted by Gasteiger charge is -2.15. The van der Waals surface area contributed by atoms with Crippen LogP contribution in [0.25, 0.3) is 0 Å². The van der Waals surface area contributed by atoms with Crippen molar-refractivity contribution in [3.63, 3.8) is 0 Å². The Morgan fingerprint density at radius 1 is 1.19 bits per heavy atom. The van der Waals surface area contributed by atoms with Crippen LogP contribution in [-0.4, -0.2) is 24.4 Å². The van der Waals surface area contributed by atoms with Gasteiger partial charge in [0.05, 0.1) is 10.6 Å². The zero-order chi connectivity index (χ0) is 14.4. The number of carbonyl (C=O) groups is 2. The first-order valence-corrected chi connectivity index (χ1v) is 8.79. The highest BCUT2D eigenvalue weighted by Gasteiger charge is 2.37. The van der Waals surface area contributed by atoms with Crippen LogP contribution in [0.2, 0.25) is 0 Å². The fourth-order valence-electron chi connectivity index (χ4n) is 3.38. The summed E-state index contributed by atoms with van der Waals surface area (Å²) in [4.78, 5) is 28.4. The van der Waals surface area contributed by atoms with E-state index in [2.05, 4.69) is 5.32 Å². The van der Waals surface area contributed by atoms with Gasteiger partial charge in [-0.25, -0.2) is 0 Å². The third kappa shape index (κ3) is 2.48. The summed E-state index contributed by atoms with van der Waals surface area (Å²) in [7, 11) is 0. The molecule has 21 heavy (non-hydrogen) atoms. The highest BCUT2D eigenvalue weighted by atomic mass is 32.1. The van der Waals surface area contributed by atoms with Crippen LogP contribution < -0.4 is 10.2 Å². The second kappa shape index (κ2) is 5.13. The van der Waals surface area contributed by atoms with Crippen LogP contribution in [-0.2, 0) is 11.2 Å². The Hall–Kier alpha value is -1.36. The number of nitrogens with one attached hydrogen (secondary N) is 1. The van der Waals surface area contributed by atoms with Crippen LogP contribution >= 0.6 is 11.3 Å². The van der Waals surface area contributed by atoms with E-state index in [0.717, 1.165) is 49.2 Å². The Morgan fingerprint density at radius 3 is 2.67 bits per heavy atom. The molecule has 2 aliphatic carbocycles. The maximum atomic E-state index is 12.3. The van der Waals surface area contributed by atoms with Gasteiger partial charge in [0.2, 0.25) is 5.91 Å². The summed E-state index contributed by atoms with van der Waals surface area (Å²) < 4.78 is 0. The lowest BCUT2D eigenvalue weighted by atomic mass is 10.2. The van der Waals surface area contributed by atoms with Crippen LogP contribution in [0, 0.1) is 5.92 Å². The molecule has 0 unspecified atom stereocenters. The molecule has 2 fully saturated rings. The summed E-state index contributed by atoms with van der Waals surface area (Å²) in [5.74, 6) is 0.543. The van der Waals surface area contributed by atoms with E-state index in [4.69, 9.17) is 0 Å². The molecule has 2 heterocycles. The van der Waals surface area contributed by atoms with Gasteiger partial charge in [-0.1, -0.05) is 12.8 Å². The van der Waals surface area contributed by atoms with Crippen molar-refractivity contribution in [1.29, 1.82) is 0 Å². The van der Waals surface area contributed by atoms with Crippen molar-refractivity contribution in [3.05, 3.63) is 15.8 Å². The molecule has 1 aliphatic heterocycles. The zero-order valence-corrected chi connectivity index (χ0v) is 12.9. The summed E-state index contributed by atoms with van der Waals surface area (Å²) in [6.07, 6.45) is 7.60. The van der Waals surface area contributed by atoms with Gasteiger partial charge >= 0.3 is 0 Å². The molecule has 1 N–H and O–H groups in total. The molecule has 0 spiro atoms. The minimum Gasteiger partial charge on any atom is -0.349 e. The average molecular weight is 304 g/mol. The number of hydrogen-bond donors (Lipinski definition) is 1. The molecule has 0 aromatic carbocycles. The smallest absolute Gasteiger partial charge is 0.261 e. The van der Waals surface area contributed by atoms with Crippen molar-refractivity contribution in [1.82, 2.24) is 5.32 Å². The topological polar surface area (TPSA) is 49.4 Å². The second-order valence-electron chi connectivity index (χ2n) is 6.39. The van der Waals surface area contributed by atoms with Crippen LogP contribution in [0.15, 0.2) is 6.07 Å². The first kappa shape index (κ1) is 13.3. The lowest BCUT2D eigenvalue weighted by Crippen LogP contribution is -2.32. The molecule has 112 valence electrons. The van der Waals surface area contributed by atoms with Gasteiger partial charge in [-0.05, 0) is 31.7 Å². The van der Waals surface area contributed by atoms with Crippen LogP contribution in [0.5, 0.6) is 0 Å². The van der Waals surface area contributed by atoms with E-state index in [9.17, 15) is 9.59 Å². The second-order valence-corrected chi connectivity index (χ2v) is 7.52. The fraction of sp³-hybridized carbons (Fsp3) is 0.625. The first-order chi connectivity index (χ1) is 10.2. The van der Waals surface area contributed by atoms with Crippen molar-refractivity contribution >= 4 is 28.8 Å². The number of nitrogens with zero attached hydrogens (tertiary/aromatic N) is 1. The molecular formula is C16H20N2O2S. The van der Waals surface area contributed by atoms with Crippen LogP contribution in [0.1, 0.15) is 53.1 Å². The monoisotopic (exact) mass is 304 g/mol. The van der Waals surface area contributed by atoms with Crippen molar-refractivity contribution in [3.8, 4) is 0 Å². The maximum Gasteiger partial charge on any atom is 0.261 e. The molecule has 0 bridgehead atoms. The standard InChI is InChI=1S/C16H20N2O2S/c19-15(17-11-3-1-2-4-11)14-9-12-13(21-14)7-8-18(12)16(20)10-5-6-10/h9-11H,1-8H2,(H,17,19). The molecule has 1 aromatic rings. The van der Waals surface area contributed by atoms with E-state index in [-0.39, 0.29) is 17.7 Å². The zero-order valence-electron chi connectivity index (χ0n) is 12.1. The quantitative estimate of drug-likeness (QED) is 0.933. The maximum absolute atomic E-state index is 12.3. The van der Waals surface area contributed by atoms with Gasteiger partial charge in [-0.15, -0.1) is 11.3 Å². The Balaban J connectivity index is 1.49. The van der Waals surface area contributed by atoms with Gasteiger partial charge < -0.3 is 10.2 Å². The molecule has 3 aliphatic rings. The molecule has 2 amide bonds. The summed E-state index contributed by atoms with van der Waals surface area (Å²) >= 11 is 1.56. The number of amides is 2. The summed E-state index contributed by atoms with van der Waals surface area (Å²) in [5.41, 5.74) is 0.994. The fourth-order valence-corrected chi connectivity index (χ4v) is 4.43. The largest absolute Gasteiger partial charge is 0.349 e. The van der Waals surface area contributed by atoms with Crippen LogP contribution in [0.3, 0.4) is 0 Å². The van der Waals surface area contributed by atoms with Gasteiger partial charge in [0.1, 0.15) is 0 Å². The van der Waals surface area contributed by atoms with Gasteiger partial charge in [0, 0.05) is 29.8 Å². The van der Waals surface area contributed by atoms with E-state index in [1.54, 1.807) is 11.3 Å². The van der Waals surface area contributed by atoms with Gasteiger partial charge in [-0.3, -0.25) is 9.59 Å². The van der Waals surface area contributed by atoms with Crippen molar-refractivity contribution in [2.45, 2.75) is 51.0 Å². The normalized spacial score (nSPS) is 21.6. The summed E-state index contributed by atoms with van der Waals surface area (Å²) in [6, 6.07) is 2.27. The van der Waals surface area contributed by atoms with Crippen molar-refractivity contribution in [2.75, 3.05) is 11.4 Å². The number of rotatable bonds is 3. The Labute approximate surface area is 128 Å². The average Bonchev–Trinajstić information content (AvgIpc) is 2.86. The summed E-state index contributed by atoms with van der Waals surface area (Å²) in [6.45, 7) is 0.793. The van der Waals surface area contributed by atoms with Gasteiger partial charge in [0.25, 0.3) is 5.91 Å². The first-order valence-electron chi connectivity index (χ1n) is 7.97. The third-order valence-corrected chi connectivity index (χ3v) is 5.93. The number of fused-ring (bicyclic) bond motifs is 1. The Morgan fingerprint density at radius 2 is 1.95 bits per heavy atom. The van der Waals surface area contributed by atoms with E-state index < -0.39 is 0 Å². The predicted molar refractivity (Wildman–Crippen MR) is 82.8 cm³/mol. The predicted octanol–water partition coefficient (Wildman–Crippen LogP) is 2.72. The van der Waals surface area contributed by atoms with E-state index in [1.165, 1.54) is 17.7 Å². The molecule has 4 rings (SSSR count). The minimum absolute atomic E-state index is 0.0418. The molecule has 4 nitrogen and oxygen atoms in total. The number of hydrogen-bond acceptors (Lipinski definition) is 3. The molecular weight excluding hydrogens is 284 g/mol. The van der Waals surface area contributed by atoms with Crippen LogP contribution in [0.4, 0.5) is 5.69 Å². The van der Waals surface area contributed by atoms with E-state index in [1.807, 2.05) is 11.0 Å². The number of anilines is 1. The highest BCUT2D eigenvalue weighted by Crippen LogP contribution is 2.40. The summed E-state index contributed by atoms with van der Waals surface area (Å²) in [5, 5.41) is 3.13. The van der Waals surface area contributed by atoms with E-state index >= 15 is 0 Å². The third-order valence-electron chi connectivity index (χ3n) is 4.75.